The minimum atomic E-state index is 0.655. The van der Waals surface area contributed by atoms with Crippen molar-refractivity contribution in [1.29, 1.82) is 0 Å². The fourth-order valence-corrected chi connectivity index (χ4v) is 0.963. The third-order valence-electron chi connectivity index (χ3n) is 1.41. The van der Waals surface area contributed by atoms with Gasteiger partial charge in [0.15, 0.2) is 0 Å². The number of anilines is 1. The standard InChI is InChI=1S/C7H11N3O/c1-3-10-7(8-5-11)4-6(2)9-10/h4-5H,3H2,1-2H3,(H,8,11). The van der Waals surface area contributed by atoms with Gasteiger partial charge in [-0.25, -0.2) is 4.68 Å². The van der Waals surface area contributed by atoms with Gasteiger partial charge in [0.2, 0.25) is 6.41 Å². The Morgan fingerprint density at radius 3 is 3.09 bits per heavy atom. The molecule has 1 rings (SSSR count). The van der Waals surface area contributed by atoms with Crippen LogP contribution in [-0.4, -0.2) is 16.2 Å². The number of nitrogens with one attached hydrogen (secondary N) is 1. The monoisotopic (exact) mass is 153 g/mol. The SMILES string of the molecule is CCn1nc(C)cc1NC=O. The molecule has 0 saturated heterocycles. The summed E-state index contributed by atoms with van der Waals surface area (Å²) < 4.78 is 1.74. The Hall–Kier alpha value is -1.32. The van der Waals surface area contributed by atoms with Crippen molar-refractivity contribution in [3.63, 3.8) is 0 Å². The lowest BCUT2D eigenvalue weighted by molar-refractivity contribution is -0.105. The Morgan fingerprint density at radius 1 is 1.82 bits per heavy atom. The van der Waals surface area contributed by atoms with E-state index in [0.717, 1.165) is 18.1 Å². The van der Waals surface area contributed by atoms with E-state index >= 15 is 0 Å². The molecule has 60 valence electrons. The van der Waals surface area contributed by atoms with E-state index in [0.29, 0.717) is 6.41 Å². The van der Waals surface area contributed by atoms with Crippen LogP contribution in [0.15, 0.2) is 6.07 Å². The van der Waals surface area contributed by atoms with Crippen molar-refractivity contribution in [2.45, 2.75) is 20.4 Å². The predicted molar refractivity (Wildman–Crippen MR) is 42.3 cm³/mol. The largest absolute Gasteiger partial charge is 0.314 e. The third-order valence-corrected chi connectivity index (χ3v) is 1.41. The summed E-state index contributed by atoms with van der Waals surface area (Å²) in [5, 5.41) is 6.71. The van der Waals surface area contributed by atoms with Crippen LogP contribution < -0.4 is 5.32 Å². The van der Waals surface area contributed by atoms with Crippen LogP contribution in [0, 0.1) is 6.92 Å². The van der Waals surface area contributed by atoms with E-state index in [4.69, 9.17) is 0 Å². The first-order chi connectivity index (χ1) is 5.27. The van der Waals surface area contributed by atoms with Crippen LogP contribution in [0.1, 0.15) is 12.6 Å². The van der Waals surface area contributed by atoms with Crippen LogP contribution >= 0.6 is 0 Å². The summed E-state index contributed by atoms with van der Waals surface area (Å²) in [6.45, 7) is 4.63. The van der Waals surface area contributed by atoms with Gasteiger partial charge in [0, 0.05) is 12.6 Å². The highest BCUT2D eigenvalue weighted by molar-refractivity contribution is 5.69. The molecule has 1 aromatic rings. The molecule has 0 aromatic carbocycles. The van der Waals surface area contributed by atoms with E-state index in [1.165, 1.54) is 0 Å². The van der Waals surface area contributed by atoms with Gasteiger partial charge in [0.1, 0.15) is 5.82 Å². The number of carbonyl (C=O) groups excluding carboxylic acids is 1. The molecule has 1 N–H and O–H groups in total. The molecule has 0 bridgehead atoms. The van der Waals surface area contributed by atoms with Crippen molar-refractivity contribution < 1.29 is 4.79 Å². The van der Waals surface area contributed by atoms with Crippen LogP contribution in [0.4, 0.5) is 5.82 Å². The normalized spacial score (nSPS) is 9.64. The van der Waals surface area contributed by atoms with Crippen molar-refractivity contribution in [2.75, 3.05) is 5.32 Å². The van der Waals surface area contributed by atoms with Crippen molar-refractivity contribution in [1.82, 2.24) is 9.78 Å². The average Bonchev–Trinajstić information content (AvgIpc) is 2.32. The number of nitrogens with zero attached hydrogens (tertiary/aromatic N) is 2. The summed E-state index contributed by atoms with van der Waals surface area (Å²) in [4.78, 5) is 10.1. The highest BCUT2D eigenvalue weighted by atomic mass is 16.1. The van der Waals surface area contributed by atoms with E-state index in [9.17, 15) is 4.79 Å². The number of hydrogen-bond acceptors (Lipinski definition) is 2. The Morgan fingerprint density at radius 2 is 2.55 bits per heavy atom. The summed E-state index contributed by atoms with van der Waals surface area (Å²) in [7, 11) is 0. The quantitative estimate of drug-likeness (QED) is 0.652. The molecule has 1 aromatic heterocycles. The molecule has 0 spiro atoms. The Balaban J connectivity index is 2.91. The van der Waals surface area contributed by atoms with Gasteiger partial charge >= 0.3 is 0 Å². The number of rotatable bonds is 3. The maximum atomic E-state index is 10.1. The Kier molecular flexibility index (Phi) is 2.25. The molecule has 0 aliphatic rings. The molecule has 0 unspecified atom stereocenters. The molecule has 1 heterocycles. The van der Waals surface area contributed by atoms with Crippen LogP contribution in [0.2, 0.25) is 0 Å². The van der Waals surface area contributed by atoms with Crippen molar-refractivity contribution >= 4 is 12.2 Å². The van der Waals surface area contributed by atoms with E-state index in [1.54, 1.807) is 4.68 Å². The van der Waals surface area contributed by atoms with Gasteiger partial charge < -0.3 is 5.32 Å². The molecule has 11 heavy (non-hydrogen) atoms. The lowest BCUT2D eigenvalue weighted by Crippen LogP contribution is -2.04. The second-order valence-corrected chi connectivity index (χ2v) is 2.25. The van der Waals surface area contributed by atoms with Gasteiger partial charge in [-0.1, -0.05) is 0 Å². The van der Waals surface area contributed by atoms with Crippen molar-refractivity contribution in [3.8, 4) is 0 Å². The number of hydrogen-bond donors (Lipinski definition) is 1. The molecule has 4 heteroatoms. The van der Waals surface area contributed by atoms with Gasteiger partial charge in [-0.2, -0.15) is 5.10 Å². The molecular formula is C7H11N3O. The molecule has 0 saturated carbocycles. The summed E-state index contributed by atoms with van der Waals surface area (Å²) in [6.07, 6.45) is 0.655. The molecule has 0 atom stereocenters. The van der Waals surface area contributed by atoms with E-state index < -0.39 is 0 Å². The van der Waals surface area contributed by atoms with E-state index in [-0.39, 0.29) is 0 Å². The predicted octanol–water partition coefficient (Wildman–Crippen LogP) is 0.780. The molecule has 0 fully saturated rings. The van der Waals surface area contributed by atoms with Gasteiger partial charge in [-0.15, -0.1) is 0 Å². The summed E-state index contributed by atoms with van der Waals surface area (Å²) in [5.74, 6) is 0.750. The zero-order valence-corrected chi connectivity index (χ0v) is 6.66. The zero-order chi connectivity index (χ0) is 8.27. The smallest absolute Gasteiger partial charge is 0.212 e. The first kappa shape index (κ1) is 7.78. The molecule has 0 aliphatic heterocycles. The van der Waals surface area contributed by atoms with Crippen molar-refractivity contribution in [2.24, 2.45) is 0 Å². The maximum absolute atomic E-state index is 10.1. The topological polar surface area (TPSA) is 46.9 Å². The molecule has 0 radical (unpaired) electrons. The van der Waals surface area contributed by atoms with Crippen LogP contribution in [0.3, 0.4) is 0 Å². The maximum Gasteiger partial charge on any atom is 0.212 e. The number of amides is 1. The van der Waals surface area contributed by atoms with Gasteiger partial charge in [0.25, 0.3) is 0 Å². The zero-order valence-electron chi connectivity index (χ0n) is 6.66. The molecule has 1 amide bonds. The summed E-state index contributed by atoms with van der Waals surface area (Å²) >= 11 is 0. The first-order valence-corrected chi connectivity index (χ1v) is 3.52. The number of aromatic nitrogens is 2. The second-order valence-electron chi connectivity index (χ2n) is 2.25. The summed E-state index contributed by atoms with van der Waals surface area (Å²) in [5.41, 5.74) is 0.913. The fraction of sp³-hybridized carbons (Fsp3) is 0.429. The lowest BCUT2D eigenvalue weighted by Gasteiger charge is -1.99. The highest BCUT2D eigenvalue weighted by Gasteiger charge is 2.00. The fourth-order valence-electron chi connectivity index (χ4n) is 0.963. The Labute approximate surface area is 65.2 Å². The lowest BCUT2D eigenvalue weighted by atomic mass is 10.5. The van der Waals surface area contributed by atoms with Gasteiger partial charge in [-0.05, 0) is 13.8 Å². The van der Waals surface area contributed by atoms with Crippen LogP contribution in [0.25, 0.3) is 0 Å². The molecule has 4 nitrogen and oxygen atoms in total. The van der Waals surface area contributed by atoms with Crippen LogP contribution in [0.5, 0.6) is 0 Å². The van der Waals surface area contributed by atoms with Crippen molar-refractivity contribution in [3.05, 3.63) is 11.8 Å². The second kappa shape index (κ2) is 3.18. The first-order valence-electron chi connectivity index (χ1n) is 3.52. The van der Waals surface area contributed by atoms with Crippen LogP contribution in [-0.2, 0) is 11.3 Å². The highest BCUT2D eigenvalue weighted by Crippen LogP contribution is 2.07. The Bertz CT molecular complexity index is 254. The number of aryl methyl sites for hydroxylation is 2. The number of carbonyl (C=O) groups is 1. The molecular weight excluding hydrogens is 142 g/mol. The summed E-state index contributed by atoms with van der Waals surface area (Å²) in [6, 6.07) is 1.83. The molecule has 0 aliphatic carbocycles. The minimum absolute atomic E-state index is 0.655. The third kappa shape index (κ3) is 1.58. The van der Waals surface area contributed by atoms with Gasteiger partial charge in [0.05, 0.1) is 5.69 Å². The van der Waals surface area contributed by atoms with E-state index in [2.05, 4.69) is 10.4 Å². The van der Waals surface area contributed by atoms with Gasteiger partial charge in [-0.3, -0.25) is 4.79 Å². The average molecular weight is 153 g/mol. The van der Waals surface area contributed by atoms with E-state index in [1.807, 2.05) is 19.9 Å². The minimum Gasteiger partial charge on any atom is -0.314 e.